The highest BCUT2D eigenvalue weighted by Crippen LogP contribution is 2.22. The topological polar surface area (TPSA) is 89.1 Å². The molecule has 1 saturated heterocycles. The fraction of sp³-hybridized carbons (Fsp3) is 0.333. The highest BCUT2D eigenvalue weighted by molar-refractivity contribution is 9.10. The first-order valence-corrected chi connectivity index (χ1v) is 13.0. The van der Waals surface area contributed by atoms with E-state index >= 15 is 0 Å². The van der Waals surface area contributed by atoms with Crippen molar-refractivity contribution in [2.24, 2.45) is 5.92 Å². The number of nitrogens with zero attached hydrogens (tertiary/aromatic N) is 5. The summed E-state index contributed by atoms with van der Waals surface area (Å²) in [5, 5.41) is 7.27. The molecule has 0 aliphatic carbocycles. The van der Waals surface area contributed by atoms with Gasteiger partial charge in [0.1, 0.15) is 5.82 Å². The van der Waals surface area contributed by atoms with Crippen LogP contribution in [0, 0.1) is 12.8 Å². The number of carbonyl (C=O) groups is 1. The molecule has 1 aliphatic heterocycles. The Labute approximate surface area is 218 Å². The summed E-state index contributed by atoms with van der Waals surface area (Å²) >= 11 is 3.48. The van der Waals surface area contributed by atoms with Crippen LogP contribution in [0.15, 0.2) is 69.9 Å². The molecule has 2 aromatic carbocycles. The number of likely N-dealkylation sites (tertiary alicyclic amines) is 1. The first-order chi connectivity index (χ1) is 17.5. The Balaban J connectivity index is 1.14. The molecule has 8 nitrogen and oxygen atoms in total. The first-order valence-electron chi connectivity index (χ1n) is 12.2. The molecule has 2 aromatic heterocycles. The van der Waals surface area contributed by atoms with E-state index in [1.165, 1.54) is 5.56 Å². The zero-order valence-electron chi connectivity index (χ0n) is 20.2. The number of imidazole rings is 1. The SMILES string of the molecule is Cc1nccn1Cc1cccc(CNC(=O)C2CCCN(Cc3nc(-c4cccc(Br)c4)no3)C2)c1. The van der Waals surface area contributed by atoms with Gasteiger partial charge in [-0.2, -0.15) is 4.98 Å². The molecule has 0 bridgehead atoms. The van der Waals surface area contributed by atoms with Crippen LogP contribution in [0.4, 0.5) is 0 Å². The average Bonchev–Trinajstić information content (AvgIpc) is 3.52. The number of aromatic nitrogens is 4. The zero-order valence-corrected chi connectivity index (χ0v) is 21.8. The van der Waals surface area contributed by atoms with Crippen LogP contribution in [-0.2, 0) is 24.4 Å². The highest BCUT2D eigenvalue weighted by Gasteiger charge is 2.27. The molecule has 1 fully saturated rings. The van der Waals surface area contributed by atoms with Gasteiger partial charge in [-0.05, 0) is 49.6 Å². The predicted octanol–water partition coefficient (Wildman–Crippen LogP) is 4.58. The van der Waals surface area contributed by atoms with Gasteiger partial charge in [0.2, 0.25) is 17.6 Å². The molecule has 36 heavy (non-hydrogen) atoms. The molecule has 0 saturated carbocycles. The molecule has 1 atom stereocenters. The van der Waals surface area contributed by atoms with Crippen molar-refractivity contribution in [1.82, 2.24) is 29.9 Å². The van der Waals surface area contributed by atoms with Gasteiger partial charge in [-0.3, -0.25) is 9.69 Å². The summed E-state index contributed by atoms with van der Waals surface area (Å²) in [6.45, 7) is 5.42. The molecule has 0 spiro atoms. The highest BCUT2D eigenvalue weighted by atomic mass is 79.9. The van der Waals surface area contributed by atoms with Crippen LogP contribution < -0.4 is 5.32 Å². The summed E-state index contributed by atoms with van der Waals surface area (Å²) in [5.41, 5.74) is 3.19. The lowest BCUT2D eigenvalue weighted by Crippen LogP contribution is -2.42. The van der Waals surface area contributed by atoms with Gasteiger partial charge in [0.15, 0.2) is 0 Å². The molecular formula is C27H29BrN6O2. The van der Waals surface area contributed by atoms with Crippen LogP contribution in [-0.4, -0.2) is 43.6 Å². The minimum atomic E-state index is -0.0528. The molecular weight excluding hydrogens is 520 g/mol. The monoisotopic (exact) mass is 548 g/mol. The molecule has 1 unspecified atom stereocenters. The fourth-order valence-electron chi connectivity index (χ4n) is 4.61. The van der Waals surface area contributed by atoms with Gasteiger partial charge in [-0.1, -0.05) is 57.5 Å². The third kappa shape index (κ3) is 6.09. The quantitative estimate of drug-likeness (QED) is 0.346. The van der Waals surface area contributed by atoms with Crippen LogP contribution >= 0.6 is 15.9 Å². The summed E-state index contributed by atoms with van der Waals surface area (Å²) in [7, 11) is 0. The maximum absolute atomic E-state index is 13.0. The molecule has 4 aromatic rings. The number of halogens is 1. The van der Waals surface area contributed by atoms with Crippen LogP contribution in [0.5, 0.6) is 0 Å². The van der Waals surface area contributed by atoms with Crippen LogP contribution in [0.2, 0.25) is 0 Å². The minimum Gasteiger partial charge on any atom is -0.352 e. The van der Waals surface area contributed by atoms with E-state index in [1.54, 1.807) is 0 Å². The van der Waals surface area contributed by atoms with Crippen LogP contribution in [0.25, 0.3) is 11.4 Å². The van der Waals surface area contributed by atoms with E-state index in [4.69, 9.17) is 4.52 Å². The zero-order chi connectivity index (χ0) is 24.9. The molecule has 5 rings (SSSR count). The number of piperidine rings is 1. The second kappa shape index (κ2) is 11.2. The number of hydrogen-bond donors (Lipinski definition) is 1. The minimum absolute atomic E-state index is 0.0528. The van der Waals surface area contributed by atoms with E-state index in [0.29, 0.717) is 31.3 Å². The van der Waals surface area contributed by atoms with E-state index in [2.05, 4.69) is 64.0 Å². The van der Waals surface area contributed by atoms with Crippen molar-refractivity contribution in [3.8, 4) is 11.4 Å². The summed E-state index contributed by atoms with van der Waals surface area (Å²) in [4.78, 5) is 24.0. The Morgan fingerprint density at radius 3 is 2.86 bits per heavy atom. The maximum Gasteiger partial charge on any atom is 0.241 e. The van der Waals surface area contributed by atoms with Gasteiger partial charge >= 0.3 is 0 Å². The Bertz CT molecular complexity index is 1330. The number of rotatable bonds is 8. The maximum atomic E-state index is 13.0. The number of hydrogen-bond acceptors (Lipinski definition) is 6. The largest absolute Gasteiger partial charge is 0.352 e. The van der Waals surface area contributed by atoms with Crippen molar-refractivity contribution in [1.29, 1.82) is 0 Å². The molecule has 1 amide bonds. The van der Waals surface area contributed by atoms with Crippen molar-refractivity contribution < 1.29 is 9.32 Å². The second-order valence-electron chi connectivity index (χ2n) is 9.24. The third-order valence-electron chi connectivity index (χ3n) is 6.52. The lowest BCUT2D eigenvalue weighted by molar-refractivity contribution is -0.127. The van der Waals surface area contributed by atoms with Crippen molar-refractivity contribution in [3.05, 3.63) is 88.2 Å². The van der Waals surface area contributed by atoms with Crippen molar-refractivity contribution in [2.45, 2.75) is 39.4 Å². The number of aryl methyl sites for hydroxylation is 1. The second-order valence-corrected chi connectivity index (χ2v) is 10.2. The third-order valence-corrected chi connectivity index (χ3v) is 7.01. The van der Waals surface area contributed by atoms with E-state index in [-0.39, 0.29) is 11.8 Å². The standard InChI is InChI=1S/C27H29BrN6O2/c1-19-29-10-12-34(19)16-21-6-2-5-20(13-21)15-30-27(35)23-8-4-11-33(17-23)18-25-31-26(32-36-25)22-7-3-9-24(28)14-22/h2-3,5-7,9-10,12-14,23H,4,8,11,15-18H2,1H3,(H,30,35). The van der Waals surface area contributed by atoms with Crippen LogP contribution in [0.3, 0.4) is 0 Å². The molecule has 1 N–H and O–H groups in total. The normalized spacial score (nSPS) is 16.2. The molecule has 1 aliphatic rings. The Kier molecular flexibility index (Phi) is 7.58. The summed E-state index contributed by atoms with van der Waals surface area (Å²) < 4.78 is 8.57. The van der Waals surface area contributed by atoms with E-state index < -0.39 is 0 Å². The van der Waals surface area contributed by atoms with Gasteiger partial charge < -0.3 is 14.4 Å². The fourth-order valence-corrected chi connectivity index (χ4v) is 5.01. The molecule has 186 valence electrons. The van der Waals surface area contributed by atoms with Gasteiger partial charge in [0.05, 0.1) is 12.5 Å². The number of amides is 1. The summed E-state index contributed by atoms with van der Waals surface area (Å²) in [5.74, 6) is 2.17. The van der Waals surface area contributed by atoms with Gasteiger partial charge in [-0.25, -0.2) is 4.98 Å². The number of benzene rings is 2. The lowest BCUT2D eigenvalue weighted by Gasteiger charge is -2.30. The molecule has 9 heteroatoms. The van der Waals surface area contributed by atoms with E-state index in [9.17, 15) is 4.79 Å². The Morgan fingerprint density at radius 1 is 1.17 bits per heavy atom. The Hall–Kier alpha value is -3.30. The lowest BCUT2D eigenvalue weighted by atomic mass is 9.97. The van der Waals surface area contributed by atoms with E-state index in [0.717, 1.165) is 47.4 Å². The van der Waals surface area contributed by atoms with Crippen molar-refractivity contribution >= 4 is 21.8 Å². The molecule has 3 heterocycles. The van der Waals surface area contributed by atoms with Crippen molar-refractivity contribution in [2.75, 3.05) is 13.1 Å². The van der Waals surface area contributed by atoms with Crippen LogP contribution in [0.1, 0.15) is 35.7 Å². The van der Waals surface area contributed by atoms with Gasteiger partial charge in [-0.15, -0.1) is 0 Å². The summed E-state index contributed by atoms with van der Waals surface area (Å²) in [6.07, 6.45) is 5.64. The smallest absolute Gasteiger partial charge is 0.241 e. The first kappa shape index (κ1) is 24.4. The summed E-state index contributed by atoms with van der Waals surface area (Å²) in [6, 6.07) is 16.2. The number of nitrogens with one attached hydrogen (secondary N) is 1. The molecule has 0 radical (unpaired) electrons. The van der Waals surface area contributed by atoms with Crippen molar-refractivity contribution in [3.63, 3.8) is 0 Å². The van der Waals surface area contributed by atoms with Gasteiger partial charge in [0.25, 0.3) is 0 Å². The van der Waals surface area contributed by atoms with E-state index in [1.807, 2.05) is 49.6 Å². The predicted molar refractivity (Wildman–Crippen MR) is 140 cm³/mol. The van der Waals surface area contributed by atoms with Gasteiger partial charge in [0, 0.05) is 42.1 Å². The number of carbonyl (C=O) groups excluding carboxylic acids is 1. The average molecular weight is 549 g/mol. The Morgan fingerprint density at radius 2 is 2.03 bits per heavy atom.